The molecule has 1 saturated carbocycles. The predicted octanol–water partition coefficient (Wildman–Crippen LogP) is 2.08. The molecule has 1 amide bonds. The molecule has 7 heteroatoms. The minimum absolute atomic E-state index is 0.0406. The van der Waals surface area contributed by atoms with Crippen molar-refractivity contribution in [1.29, 1.82) is 0 Å². The molecular formula is C14H17FN2O4. The summed E-state index contributed by atoms with van der Waals surface area (Å²) in [4.78, 5) is 22.4. The van der Waals surface area contributed by atoms with Gasteiger partial charge in [0.15, 0.2) is 0 Å². The lowest BCUT2D eigenvalue weighted by Gasteiger charge is -2.28. The number of nitro groups is 1. The molecule has 0 bridgehead atoms. The number of halogens is 1. The summed E-state index contributed by atoms with van der Waals surface area (Å²) in [5.41, 5.74) is -1.40. The summed E-state index contributed by atoms with van der Waals surface area (Å²) in [6, 6.07) is 2.02. The lowest BCUT2D eigenvalue weighted by atomic mass is 9.97. The van der Waals surface area contributed by atoms with Gasteiger partial charge in [-0.3, -0.25) is 14.9 Å². The zero-order chi connectivity index (χ0) is 15.6. The van der Waals surface area contributed by atoms with E-state index in [9.17, 15) is 24.4 Å². The highest BCUT2D eigenvalue weighted by molar-refractivity contribution is 5.96. The smallest absolute Gasteiger partial charge is 0.270 e. The average molecular weight is 296 g/mol. The first-order valence-corrected chi connectivity index (χ1v) is 6.76. The third-order valence-electron chi connectivity index (χ3n) is 3.94. The Labute approximate surface area is 121 Å². The number of benzene rings is 1. The molecule has 0 radical (unpaired) electrons. The number of carbonyl (C=O) groups is 1. The van der Waals surface area contributed by atoms with Crippen LogP contribution in [0.4, 0.5) is 10.1 Å². The molecule has 0 aromatic heterocycles. The van der Waals surface area contributed by atoms with Gasteiger partial charge in [-0.15, -0.1) is 0 Å². The standard InChI is InChI=1S/C14H17FN2O4/c1-9-6-10(17(20)21)7-11(12(9)15)13(19)16-14(8-18)4-2-3-5-14/h6-7,18H,2-5,8H2,1H3,(H,16,19). The van der Waals surface area contributed by atoms with Gasteiger partial charge in [0.1, 0.15) is 5.82 Å². The molecular weight excluding hydrogens is 279 g/mol. The van der Waals surface area contributed by atoms with Crippen LogP contribution in [0.25, 0.3) is 0 Å². The minimum Gasteiger partial charge on any atom is -0.394 e. The number of non-ortho nitro benzene ring substituents is 1. The number of aliphatic hydroxyl groups excluding tert-OH is 1. The van der Waals surface area contributed by atoms with Crippen LogP contribution in [0.1, 0.15) is 41.6 Å². The molecule has 0 saturated heterocycles. The van der Waals surface area contributed by atoms with Crippen LogP contribution in [-0.2, 0) is 0 Å². The lowest BCUT2D eigenvalue weighted by molar-refractivity contribution is -0.385. The summed E-state index contributed by atoms with van der Waals surface area (Å²) >= 11 is 0. The van der Waals surface area contributed by atoms with Gasteiger partial charge in [0.05, 0.1) is 22.6 Å². The number of aliphatic hydroxyl groups is 1. The normalized spacial score (nSPS) is 16.7. The van der Waals surface area contributed by atoms with E-state index in [2.05, 4.69) is 5.32 Å². The molecule has 6 nitrogen and oxygen atoms in total. The van der Waals surface area contributed by atoms with E-state index in [1.54, 1.807) is 0 Å². The van der Waals surface area contributed by atoms with E-state index in [0.29, 0.717) is 12.8 Å². The predicted molar refractivity (Wildman–Crippen MR) is 73.5 cm³/mol. The molecule has 1 fully saturated rings. The van der Waals surface area contributed by atoms with Crippen molar-refractivity contribution < 1.29 is 19.2 Å². The number of nitro benzene ring substituents is 1. The number of nitrogens with zero attached hydrogens (tertiary/aromatic N) is 1. The minimum atomic E-state index is -0.774. The average Bonchev–Trinajstić information content (AvgIpc) is 2.90. The van der Waals surface area contributed by atoms with Gasteiger partial charge in [0.2, 0.25) is 0 Å². The first-order valence-electron chi connectivity index (χ1n) is 6.76. The van der Waals surface area contributed by atoms with Gasteiger partial charge in [-0.2, -0.15) is 0 Å². The number of rotatable bonds is 4. The van der Waals surface area contributed by atoms with Crippen molar-refractivity contribution in [2.24, 2.45) is 0 Å². The van der Waals surface area contributed by atoms with Crippen molar-refractivity contribution in [3.63, 3.8) is 0 Å². The summed E-state index contributed by atoms with van der Waals surface area (Å²) in [5.74, 6) is -1.50. The number of hydrogen-bond donors (Lipinski definition) is 2. The van der Waals surface area contributed by atoms with Crippen LogP contribution in [0.3, 0.4) is 0 Å². The van der Waals surface area contributed by atoms with Crippen LogP contribution in [0.5, 0.6) is 0 Å². The second-order valence-electron chi connectivity index (χ2n) is 5.48. The molecule has 1 aromatic rings. The van der Waals surface area contributed by atoms with Crippen LogP contribution in [0.2, 0.25) is 0 Å². The third-order valence-corrected chi connectivity index (χ3v) is 3.94. The van der Waals surface area contributed by atoms with Crippen molar-refractivity contribution in [1.82, 2.24) is 5.32 Å². The molecule has 0 unspecified atom stereocenters. The van der Waals surface area contributed by atoms with Gasteiger partial charge in [-0.25, -0.2) is 4.39 Å². The van der Waals surface area contributed by atoms with Gasteiger partial charge in [-0.1, -0.05) is 12.8 Å². The molecule has 0 atom stereocenters. The second kappa shape index (κ2) is 5.77. The first kappa shape index (κ1) is 15.4. The van der Waals surface area contributed by atoms with Crippen LogP contribution < -0.4 is 5.32 Å². The molecule has 114 valence electrons. The van der Waals surface area contributed by atoms with Gasteiger partial charge >= 0.3 is 0 Å². The molecule has 0 aliphatic heterocycles. The van der Waals surface area contributed by atoms with Crippen LogP contribution >= 0.6 is 0 Å². The molecule has 1 aliphatic carbocycles. The molecule has 2 rings (SSSR count). The summed E-state index contributed by atoms with van der Waals surface area (Å²) in [6.07, 6.45) is 2.98. The Balaban J connectivity index is 2.32. The molecule has 0 heterocycles. The van der Waals surface area contributed by atoms with Crippen molar-refractivity contribution in [2.45, 2.75) is 38.1 Å². The van der Waals surface area contributed by atoms with E-state index in [1.165, 1.54) is 6.92 Å². The Morgan fingerprint density at radius 1 is 1.48 bits per heavy atom. The van der Waals surface area contributed by atoms with Crippen LogP contribution in [0.15, 0.2) is 12.1 Å². The summed E-state index contributed by atoms with van der Waals surface area (Å²) in [6.45, 7) is 1.14. The molecule has 1 aliphatic rings. The Kier molecular flexibility index (Phi) is 4.22. The van der Waals surface area contributed by atoms with Crippen LogP contribution in [-0.4, -0.2) is 28.1 Å². The zero-order valence-corrected chi connectivity index (χ0v) is 11.7. The largest absolute Gasteiger partial charge is 0.394 e. The fourth-order valence-corrected chi connectivity index (χ4v) is 2.70. The van der Waals surface area contributed by atoms with Gasteiger partial charge in [0.25, 0.3) is 11.6 Å². The Morgan fingerprint density at radius 3 is 2.62 bits per heavy atom. The Hall–Kier alpha value is -2.02. The van der Waals surface area contributed by atoms with Gasteiger partial charge in [-0.05, 0) is 25.3 Å². The molecule has 1 aromatic carbocycles. The fraction of sp³-hybridized carbons (Fsp3) is 0.500. The maximum atomic E-state index is 14.1. The SMILES string of the molecule is Cc1cc([N+](=O)[O-])cc(C(=O)NC2(CO)CCCC2)c1F. The fourth-order valence-electron chi connectivity index (χ4n) is 2.70. The maximum Gasteiger partial charge on any atom is 0.270 e. The Bertz CT molecular complexity index is 583. The number of hydrogen-bond acceptors (Lipinski definition) is 4. The van der Waals surface area contributed by atoms with E-state index in [0.717, 1.165) is 25.0 Å². The number of amides is 1. The zero-order valence-electron chi connectivity index (χ0n) is 11.7. The van der Waals surface area contributed by atoms with Crippen molar-refractivity contribution in [3.05, 3.63) is 39.2 Å². The monoisotopic (exact) mass is 296 g/mol. The summed E-state index contributed by atoms with van der Waals surface area (Å²) in [5, 5.41) is 22.9. The highest BCUT2D eigenvalue weighted by Gasteiger charge is 2.35. The van der Waals surface area contributed by atoms with E-state index < -0.39 is 22.2 Å². The van der Waals surface area contributed by atoms with E-state index >= 15 is 0 Å². The summed E-state index contributed by atoms with van der Waals surface area (Å²) < 4.78 is 14.1. The number of carbonyl (C=O) groups excluding carboxylic acids is 1. The van der Waals surface area contributed by atoms with E-state index in [1.807, 2.05) is 0 Å². The molecule has 21 heavy (non-hydrogen) atoms. The first-order chi connectivity index (χ1) is 9.88. The summed E-state index contributed by atoms with van der Waals surface area (Å²) in [7, 11) is 0. The quantitative estimate of drug-likeness (QED) is 0.657. The van der Waals surface area contributed by atoms with Crippen molar-refractivity contribution >= 4 is 11.6 Å². The highest BCUT2D eigenvalue weighted by Crippen LogP contribution is 2.30. The number of aryl methyl sites for hydroxylation is 1. The highest BCUT2D eigenvalue weighted by atomic mass is 19.1. The van der Waals surface area contributed by atoms with Gasteiger partial charge in [0, 0.05) is 12.1 Å². The van der Waals surface area contributed by atoms with Crippen molar-refractivity contribution in [2.75, 3.05) is 6.61 Å². The van der Waals surface area contributed by atoms with Crippen LogP contribution in [0, 0.1) is 22.9 Å². The van der Waals surface area contributed by atoms with Crippen molar-refractivity contribution in [3.8, 4) is 0 Å². The second-order valence-corrected chi connectivity index (χ2v) is 5.48. The number of nitrogens with one attached hydrogen (secondary N) is 1. The molecule has 0 spiro atoms. The van der Waals surface area contributed by atoms with E-state index in [-0.39, 0.29) is 23.4 Å². The lowest BCUT2D eigenvalue weighted by Crippen LogP contribution is -2.49. The van der Waals surface area contributed by atoms with E-state index in [4.69, 9.17) is 0 Å². The third kappa shape index (κ3) is 3.02. The molecule has 2 N–H and O–H groups in total. The topological polar surface area (TPSA) is 92.5 Å². The Morgan fingerprint density at radius 2 is 2.10 bits per heavy atom. The van der Waals surface area contributed by atoms with Gasteiger partial charge < -0.3 is 10.4 Å². The maximum absolute atomic E-state index is 14.1.